The third kappa shape index (κ3) is 2.76. The van der Waals surface area contributed by atoms with Crippen LogP contribution in [0.15, 0.2) is 66.9 Å². The van der Waals surface area contributed by atoms with Gasteiger partial charge in [0.1, 0.15) is 11.5 Å². The van der Waals surface area contributed by atoms with E-state index >= 15 is 0 Å². The summed E-state index contributed by atoms with van der Waals surface area (Å²) in [5.74, 6) is 0.873. The molecule has 3 aromatic rings. The van der Waals surface area contributed by atoms with Crippen LogP contribution in [0.5, 0.6) is 0 Å². The zero-order valence-corrected chi connectivity index (χ0v) is 12.9. The van der Waals surface area contributed by atoms with Crippen LogP contribution in [-0.4, -0.2) is 20.2 Å². The Kier molecular flexibility index (Phi) is 3.75. The van der Waals surface area contributed by atoms with Gasteiger partial charge in [-0.25, -0.2) is 9.37 Å². The molecular formula is C19H15FN4. The smallest absolute Gasteiger partial charge is 0.181 e. The van der Waals surface area contributed by atoms with Crippen molar-refractivity contribution in [2.24, 2.45) is 0 Å². The zero-order valence-electron chi connectivity index (χ0n) is 12.9. The molecule has 0 fully saturated rings. The standard InChI is InChI=1S/C19H15FN4/c20-16-12-14(9-10-15(16)13-6-2-1-3-7-13)18-22-19(24-23-18)17-8-4-5-11-21-17/h1-6,8-13H,7H2,(H,22,23,24). The summed E-state index contributed by atoms with van der Waals surface area (Å²) in [5.41, 5.74) is 2.04. The van der Waals surface area contributed by atoms with Crippen molar-refractivity contribution in [3.63, 3.8) is 0 Å². The number of aromatic amines is 1. The SMILES string of the molecule is Fc1cc(-c2n[nH]c(-c3ccccn3)n2)ccc1C1C=CC=CC1. The fraction of sp³-hybridized carbons (Fsp3) is 0.105. The van der Waals surface area contributed by atoms with Crippen molar-refractivity contribution in [2.45, 2.75) is 12.3 Å². The fourth-order valence-corrected chi connectivity index (χ4v) is 2.79. The third-order valence-corrected chi connectivity index (χ3v) is 4.03. The van der Waals surface area contributed by atoms with E-state index in [4.69, 9.17) is 0 Å². The molecule has 1 atom stereocenters. The highest BCUT2D eigenvalue weighted by Crippen LogP contribution is 2.29. The van der Waals surface area contributed by atoms with Crippen molar-refractivity contribution in [1.82, 2.24) is 20.2 Å². The van der Waals surface area contributed by atoms with E-state index in [1.807, 2.05) is 54.6 Å². The van der Waals surface area contributed by atoms with Gasteiger partial charge in [-0.2, -0.15) is 5.10 Å². The minimum absolute atomic E-state index is 0.0836. The number of nitrogens with one attached hydrogen (secondary N) is 1. The molecule has 24 heavy (non-hydrogen) atoms. The van der Waals surface area contributed by atoms with Crippen molar-refractivity contribution in [1.29, 1.82) is 0 Å². The highest BCUT2D eigenvalue weighted by Gasteiger charge is 2.16. The molecule has 0 amide bonds. The van der Waals surface area contributed by atoms with E-state index in [-0.39, 0.29) is 11.7 Å². The van der Waals surface area contributed by atoms with Gasteiger partial charge < -0.3 is 0 Å². The summed E-state index contributed by atoms with van der Waals surface area (Å²) in [6, 6.07) is 10.7. The van der Waals surface area contributed by atoms with Crippen molar-refractivity contribution in [3.8, 4) is 22.9 Å². The molecule has 118 valence electrons. The average Bonchev–Trinajstić information content (AvgIpc) is 3.13. The first-order chi connectivity index (χ1) is 11.8. The maximum Gasteiger partial charge on any atom is 0.181 e. The van der Waals surface area contributed by atoms with Crippen molar-refractivity contribution in [3.05, 3.63) is 78.3 Å². The zero-order chi connectivity index (χ0) is 16.4. The second-order valence-corrected chi connectivity index (χ2v) is 5.61. The number of rotatable bonds is 3. The highest BCUT2D eigenvalue weighted by atomic mass is 19.1. The van der Waals surface area contributed by atoms with Crippen LogP contribution < -0.4 is 0 Å². The molecule has 0 bridgehead atoms. The van der Waals surface area contributed by atoms with Gasteiger partial charge in [-0.15, -0.1) is 0 Å². The Balaban J connectivity index is 1.63. The van der Waals surface area contributed by atoms with Crippen LogP contribution in [0.3, 0.4) is 0 Å². The lowest BCUT2D eigenvalue weighted by atomic mass is 9.91. The second kappa shape index (κ2) is 6.20. The van der Waals surface area contributed by atoms with Crippen LogP contribution in [0.4, 0.5) is 4.39 Å². The van der Waals surface area contributed by atoms with Gasteiger partial charge in [0.05, 0.1) is 0 Å². The molecule has 1 aromatic carbocycles. The van der Waals surface area contributed by atoms with E-state index < -0.39 is 0 Å². The van der Waals surface area contributed by atoms with E-state index in [1.165, 1.54) is 6.07 Å². The average molecular weight is 318 g/mol. The molecule has 2 heterocycles. The Bertz CT molecular complexity index is 912. The topological polar surface area (TPSA) is 54.5 Å². The number of hydrogen-bond acceptors (Lipinski definition) is 3. The number of hydrogen-bond donors (Lipinski definition) is 1. The van der Waals surface area contributed by atoms with Crippen LogP contribution in [0, 0.1) is 5.82 Å². The summed E-state index contributed by atoms with van der Waals surface area (Å²) in [6.07, 6.45) is 10.5. The predicted octanol–water partition coefficient (Wildman–Crippen LogP) is 4.27. The molecule has 1 N–H and O–H groups in total. The van der Waals surface area contributed by atoms with Crippen LogP contribution in [0.2, 0.25) is 0 Å². The number of H-pyrrole nitrogens is 1. The molecule has 0 saturated carbocycles. The van der Waals surface area contributed by atoms with Gasteiger partial charge in [0.2, 0.25) is 0 Å². The summed E-state index contributed by atoms with van der Waals surface area (Å²) in [5, 5.41) is 7.03. The van der Waals surface area contributed by atoms with Gasteiger partial charge >= 0.3 is 0 Å². The first-order valence-corrected chi connectivity index (χ1v) is 7.78. The first kappa shape index (κ1) is 14.5. The van der Waals surface area contributed by atoms with Crippen molar-refractivity contribution in [2.75, 3.05) is 0 Å². The predicted molar refractivity (Wildman–Crippen MR) is 90.6 cm³/mol. The molecule has 0 radical (unpaired) electrons. The third-order valence-electron chi connectivity index (χ3n) is 4.03. The summed E-state index contributed by atoms with van der Waals surface area (Å²) in [6.45, 7) is 0. The molecule has 4 nitrogen and oxygen atoms in total. The fourth-order valence-electron chi connectivity index (χ4n) is 2.79. The normalized spacial score (nSPS) is 16.5. The van der Waals surface area contributed by atoms with Crippen LogP contribution >= 0.6 is 0 Å². The lowest BCUT2D eigenvalue weighted by Crippen LogP contribution is -2.00. The summed E-state index contributed by atoms with van der Waals surface area (Å²) >= 11 is 0. The van der Waals surface area contributed by atoms with Gasteiger partial charge in [0, 0.05) is 17.7 Å². The van der Waals surface area contributed by atoms with Gasteiger partial charge in [-0.05, 0) is 30.2 Å². The second-order valence-electron chi connectivity index (χ2n) is 5.61. The molecular weight excluding hydrogens is 303 g/mol. The molecule has 1 aliphatic rings. The Labute approximate surface area is 138 Å². The number of pyridine rings is 1. The summed E-state index contributed by atoms with van der Waals surface area (Å²) in [4.78, 5) is 8.64. The molecule has 2 aromatic heterocycles. The Morgan fingerprint density at radius 1 is 1.12 bits per heavy atom. The Morgan fingerprint density at radius 2 is 2.08 bits per heavy atom. The molecule has 5 heteroatoms. The maximum absolute atomic E-state index is 14.5. The minimum atomic E-state index is -0.235. The monoisotopic (exact) mass is 318 g/mol. The number of allylic oxidation sites excluding steroid dienone is 4. The number of nitrogens with zero attached hydrogens (tertiary/aromatic N) is 3. The molecule has 4 rings (SSSR count). The molecule has 0 saturated heterocycles. The van der Waals surface area contributed by atoms with Crippen LogP contribution in [0.1, 0.15) is 17.9 Å². The van der Waals surface area contributed by atoms with E-state index in [9.17, 15) is 4.39 Å². The molecule has 0 spiro atoms. The quantitative estimate of drug-likeness (QED) is 0.784. The summed E-state index contributed by atoms with van der Waals surface area (Å²) in [7, 11) is 0. The van der Waals surface area contributed by atoms with Gasteiger partial charge in [-0.1, -0.05) is 42.5 Å². The lowest BCUT2D eigenvalue weighted by molar-refractivity contribution is 0.599. The van der Waals surface area contributed by atoms with Gasteiger partial charge in [-0.3, -0.25) is 10.1 Å². The highest BCUT2D eigenvalue weighted by molar-refractivity contribution is 5.59. The lowest BCUT2D eigenvalue weighted by Gasteiger charge is -2.14. The van der Waals surface area contributed by atoms with Crippen LogP contribution in [-0.2, 0) is 0 Å². The summed E-state index contributed by atoms with van der Waals surface area (Å²) < 4.78 is 14.5. The van der Waals surface area contributed by atoms with E-state index in [0.717, 1.165) is 6.42 Å². The van der Waals surface area contributed by atoms with E-state index in [2.05, 4.69) is 20.2 Å². The number of benzene rings is 1. The minimum Gasteiger partial charge on any atom is -0.257 e. The van der Waals surface area contributed by atoms with Crippen molar-refractivity contribution < 1.29 is 4.39 Å². The largest absolute Gasteiger partial charge is 0.257 e. The Hall–Kier alpha value is -3.08. The van der Waals surface area contributed by atoms with Crippen LogP contribution in [0.25, 0.3) is 22.9 Å². The van der Waals surface area contributed by atoms with Gasteiger partial charge in [0.25, 0.3) is 0 Å². The van der Waals surface area contributed by atoms with E-state index in [0.29, 0.717) is 28.5 Å². The van der Waals surface area contributed by atoms with E-state index in [1.54, 1.807) is 6.20 Å². The molecule has 1 unspecified atom stereocenters. The molecule has 0 aliphatic heterocycles. The number of aromatic nitrogens is 4. The van der Waals surface area contributed by atoms with Crippen molar-refractivity contribution >= 4 is 0 Å². The molecule has 1 aliphatic carbocycles. The Morgan fingerprint density at radius 3 is 2.83 bits per heavy atom. The first-order valence-electron chi connectivity index (χ1n) is 7.78. The maximum atomic E-state index is 14.5. The van der Waals surface area contributed by atoms with Gasteiger partial charge in [0.15, 0.2) is 11.6 Å². The number of halogens is 1.